The molecule has 0 aliphatic rings. The van der Waals surface area contributed by atoms with Gasteiger partial charge in [0.25, 0.3) is 0 Å². The van der Waals surface area contributed by atoms with Crippen molar-refractivity contribution in [3.05, 3.63) is 96.0 Å². The predicted octanol–water partition coefficient (Wildman–Crippen LogP) is 13.3. The number of carbonyl (C=O) groups is 1. The molecule has 0 bridgehead atoms. The van der Waals surface area contributed by atoms with Crippen molar-refractivity contribution in [2.75, 3.05) is 0 Å². The van der Waals surface area contributed by atoms with Crippen LogP contribution in [0.1, 0.15) is 113 Å². The molecule has 1 N–H and O–H groups in total. The molecule has 0 aliphatic carbocycles. The molecular formula is C47H57IrN2O3-. The maximum Gasteiger partial charge on any atom is 0.223 e. The van der Waals surface area contributed by atoms with E-state index in [0.717, 1.165) is 65.1 Å². The summed E-state index contributed by atoms with van der Waals surface area (Å²) < 4.78 is 6.47. The molecule has 0 amide bonds. The van der Waals surface area contributed by atoms with Gasteiger partial charge in [-0.15, -0.1) is 29.1 Å². The minimum Gasteiger partial charge on any atom is -0.512 e. The van der Waals surface area contributed by atoms with Crippen molar-refractivity contribution in [1.29, 1.82) is 0 Å². The van der Waals surface area contributed by atoms with E-state index in [9.17, 15) is 9.90 Å². The molecule has 0 saturated carbocycles. The van der Waals surface area contributed by atoms with Gasteiger partial charge in [-0.2, -0.15) is 0 Å². The van der Waals surface area contributed by atoms with Crippen molar-refractivity contribution < 1.29 is 34.4 Å². The first-order valence-electron chi connectivity index (χ1n) is 19.1. The molecule has 4 aromatic carbocycles. The number of fused-ring (bicyclic) bond motifs is 6. The number of hydrogen-bond acceptors (Lipinski definition) is 5. The van der Waals surface area contributed by atoms with Gasteiger partial charge in [0, 0.05) is 58.9 Å². The van der Waals surface area contributed by atoms with E-state index in [0.29, 0.717) is 11.6 Å². The molecule has 2 aromatic heterocycles. The SMILES string of the molecule is CC(C)Cc1cccc2ccc3c(oc4ncnc(-c5[c-]c6ccccc6c(C(C)(C)C)c5)c43)c12.CCC(C)(CC)C(=O)/C=C(\O)C(C)(CC)CC.[Ir]. The molecule has 5 nitrogen and oxygen atoms in total. The Hall–Kier alpha value is -3.86. The van der Waals surface area contributed by atoms with Crippen LogP contribution in [0.15, 0.2) is 83.2 Å². The molecule has 6 rings (SSSR count). The Morgan fingerprint density at radius 2 is 1.49 bits per heavy atom. The van der Waals surface area contributed by atoms with Crippen LogP contribution in [0.5, 0.6) is 0 Å². The summed E-state index contributed by atoms with van der Waals surface area (Å²) in [5, 5.41) is 16.8. The van der Waals surface area contributed by atoms with Crippen LogP contribution in [0.3, 0.4) is 0 Å². The molecular weight excluding hydrogens is 833 g/mol. The van der Waals surface area contributed by atoms with Crippen molar-refractivity contribution in [2.45, 2.75) is 114 Å². The summed E-state index contributed by atoms with van der Waals surface area (Å²) in [5.74, 6) is 0.840. The zero-order chi connectivity index (χ0) is 38.0. The molecule has 0 aliphatic heterocycles. The molecule has 1 radical (unpaired) electrons. The molecule has 6 aromatic rings. The zero-order valence-electron chi connectivity index (χ0n) is 33.5. The largest absolute Gasteiger partial charge is 0.512 e. The standard InChI is InChI=1S/C32H29N2O.C15H28O2.Ir/c1-19(2)15-22-11-8-10-20-13-14-25-28-29(33-18-34-31(28)35-30(25)27(20)22)23-16-21-9-6-7-12-24(21)26(17-23)32(3,4)5;1-7-14(5,8-2)12(16)11-13(17)15(6,9-3)10-4;/h6-14,17-19H,15H2,1-5H3;11,16H,7-10H2,1-6H3;/q-1;;/b;12-11-;. The number of furan rings is 1. The molecule has 2 heterocycles. The third kappa shape index (κ3) is 8.45. The van der Waals surface area contributed by atoms with E-state index in [1.807, 2.05) is 41.5 Å². The smallest absolute Gasteiger partial charge is 0.223 e. The molecule has 53 heavy (non-hydrogen) atoms. The number of carbonyl (C=O) groups excluding carboxylic acids is 1. The van der Waals surface area contributed by atoms with E-state index < -0.39 is 0 Å². The summed E-state index contributed by atoms with van der Waals surface area (Å²) in [6.45, 7) is 23.4. The van der Waals surface area contributed by atoms with Crippen LogP contribution in [-0.2, 0) is 36.7 Å². The van der Waals surface area contributed by atoms with E-state index in [1.54, 1.807) is 6.33 Å². The fourth-order valence-corrected chi connectivity index (χ4v) is 6.98. The summed E-state index contributed by atoms with van der Waals surface area (Å²) in [7, 11) is 0. The number of aromatic nitrogens is 2. The van der Waals surface area contributed by atoms with Gasteiger partial charge in [0.2, 0.25) is 5.71 Å². The Balaban J connectivity index is 0.000000299. The zero-order valence-corrected chi connectivity index (χ0v) is 35.9. The Bertz CT molecular complexity index is 2250. The molecule has 0 fully saturated rings. The fraction of sp³-hybridized carbons (Fsp3) is 0.426. The van der Waals surface area contributed by atoms with Gasteiger partial charge < -0.3 is 9.52 Å². The van der Waals surface area contributed by atoms with Crippen LogP contribution in [0.2, 0.25) is 0 Å². The normalized spacial score (nSPS) is 12.7. The number of aliphatic hydroxyl groups is 1. The van der Waals surface area contributed by atoms with Gasteiger partial charge in [0.05, 0.1) is 0 Å². The summed E-state index contributed by atoms with van der Waals surface area (Å²) in [5.41, 5.74) is 5.33. The third-order valence-electron chi connectivity index (χ3n) is 11.4. The number of hydrogen-bond donors (Lipinski definition) is 1. The average molecular weight is 890 g/mol. The number of rotatable bonds is 10. The summed E-state index contributed by atoms with van der Waals surface area (Å²) in [4.78, 5) is 21.5. The van der Waals surface area contributed by atoms with Gasteiger partial charge in [0.15, 0.2) is 5.78 Å². The van der Waals surface area contributed by atoms with Crippen molar-refractivity contribution in [3.8, 4) is 11.3 Å². The average Bonchev–Trinajstić information content (AvgIpc) is 3.52. The van der Waals surface area contributed by atoms with Crippen molar-refractivity contribution in [1.82, 2.24) is 9.97 Å². The Morgan fingerprint density at radius 1 is 0.830 bits per heavy atom. The summed E-state index contributed by atoms with van der Waals surface area (Å²) >= 11 is 0. The second-order valence-corrected chi connectivity index (χ2v) is 16.4. The monoisotopic (exact) mass is 890 g/mol. The van der Waals surface area contributed by atoms with Gasteiger partial charge in [0.1, 0.15) is 17.7 Å². The van der Waals surface area contributed by atoms with E-state index in [-0.39, 0.29) is 47.9 Å². The van der Waals surface area contributed by atoms with E-state index in [2.05, 4.69) is 106 Å². The van der Waals surface area contributed by atoms with Gasteiger partial charge in [-0.25, -0.2) is 4.98 Å². The Morgan fingerprint density at radius 3 is 2.11 bits per heavy atom. The topological polar surface area (TPSA) is 76.2 Å². The maximum atomic E-state index is 12.2. The quantitative estimate of drug-likeness (QED) is 0.0842. The number of nitrogens with zero attached hydrogens (tertiary/aromatic N) is 2. The van der Waals surface area contributed by atoms with E-state index in [1.165, 1.54) is 33.4 Å². The minimum absolute atomic E-state index is 0. The Kier molecular flexibility index (Phi) is 13.2. The number of allylic oxidation sites excluding steroid dienone is 2. The summed E-state index contributed by atoms with van der Waals surface area (Å²) in [6, 6.07) is 25.2. The Labute approximate surface area is 330 Å². The van der Waals surface area contributed by atoms with Gasteiger partial charge in [-0.1, -0.05) is 136 Å². The maximum absolute atomic E-state index is 12.2. The first kappa shape index (κ1) is 41.9. The fourth-order valence-electron chi connectivity index (χ4n) is 6.98. The van der Waals surface area contributed by atoms with Crippen molar-refractivity contribution in [3.63, 3.8) is 0 Å². The molecule has 0 atom stereocenters. The summed E-state index contributed by atoms with van der Waals surface area (Å²) in [6.07, 6.45) is 7.36. The number of ketones is 1. The molecule has 0 saturated heterocycles. The predicted molar refractivity (Wildman–Crippen MR) is 219 cm³/mol. The van der Waals surface area contributed by atoms with Crippen LogP contribution in [0, 0.1) is 22.8 Å². The van der Waals surface area contributed by atoms with Gasteiger partial charge in [-0.05, 0) is 54.4 Å². The van der Waals surface area contributed by atoms with Crippen molar-refractivity contribution in [2.24, 2.45) is 16.7 Å². The first-order valence-corrected chi connectivity index (χ1v) is 19.1. The van der Waals surface area contributed by atoms with Crippen LogP contribution in [-0.4, -0.2) is 20.9 Å². The molecule has 0 spiro atoms. The second kappa shape index (κ2) is 16.7. The van der Waals surface area contributed by atoms with Gasteiger partial charge >= 0.3 is 0 Å². The number of benzene rings is 4. The van der Waals surface area contributed by atoms with Crippen LogP contribution >= 0.6 is 0 Å². The number of aliphatic hydroxyl groups excluding tert-OH is 1. The van der Waals surface area contributed by atoms with E-state index in [4.69, 9.17) is 9.40 Å². The third-order valence-corrected chi connectivity index (χ3v) is 11.4. The van der Waals surface area contributed by atoms with Crippen LogP contribution in [0.4, 0.5) is 0 Å². The molecule has 283 valence electrons. The van der Waals surface area contributed by atoms with Crippen LogP contribution in [0.25, 0.3) is 54.9 Å². The first-order chi connectivity index (χ1) is 24.6. The second-order valence-electron chi connectivity index (χ2n) is 16.4. The van der Waals surface area contributed by atoms with Gasteiger partial charge in [-0.3, -0.25) is 9.78 Å². The van der Waals surface area contributed by atoms with E-state index >= 15 is 0 Å². The van der Waals surface area contributed by atoms with Crippen LogP contribution < -0.4 is 0 Å². The molecule has 6 heteroatoms. The minimum atomic E-state index is -0.337. The molecule has 0 unspecified atom stereocenters. The van der Waals surface area contributed by atoms with Crippen molar-refractivity contribution >= 4 is 49.4 Å².